The Balaban J connectivity index is 1.32. The molecule has 2 aliphatic carbocycles. The van der Waals surface area contributed by atoms with Gasteiger partial charge in [0.25, 0.3) is 0 Å². The van der Waals surface area contributed by atoms with Crippen molar-refractivity contribution >= 4 is 29.8 Å². The fourth-order valence-electron chi connectivity index (χ4n) is 8.04. The average molecular weight is 722 g/mol. The van der Waals surface area contributed by atoms with Crippen LogP contribution in [-0.2, 0) is 59.5 Å². The van der Waals surface area contributed by atoms with Crippen molar-refractivity contribution in [3.63, 3.8) is 0 Å². The summed E-state index contributed by atoms with van der Waals surface area (Å²) in [6.07, 6.45) is -2.98. The van der Waals surface area contributed by atoms with Crippen molar-refractivity contribution in [1.82, 2.24) is 4.90 Å². The van der Waals surface area contributed by atoms with Crippen LogP contribution < -0.4 is 9.47 Å². The van der Waals surface area contributed by atoms with Gasteiger partial charge in [0.15, 0.2) is 17.6 Å². The third kappa shape index (κ3) is 6.27. The standard InChI is InChI=1S/C38H43NO13/c1-6-7-19-47-34(42)29(23-11-9-8-10-12-23)52-36(44)32(49-22(3)41)31(48-21(2)40)35(43)50-26-15-16-38(45)27-20-24-13-14-25(46-5)30-28(24)37(38,33(26)51-30)17-18-39(27)4/h8-15,27,29,31-33,45H,6-7,16-20H2,1-5H3/t27-,29+,31-,32-,33+,37+,38-/m1/s1. The number of carbonyl (C=O) groups excluding carboxylic acids is 5. The molecule has 0 amide bonds. The van der Waals surface area contributed by atoms with Crippen LogP contribution in [0.3, 0.4) is 0 Å². The van der Waals surface area contributed by atoms with E-state index in [0.717, 1.165) is 31.4 Å². The SMILES string of the molecule is CCCCOC(=O)[C@@H](OC(=O)[C@H](OC(C)=O)[C@@H](OC(C)=O)C(=O)OC1=CC[C@@]2(O)[C@H]3Cc4ccc(OC)c5c4[C@@]2(CCN3C)[C@H]1O5)c1ccccc1. The second kappa shape index (κ2) is 14.6. The van der Waals surface area contributed by atoms with Gasteiger partial charge in [-0.2, -0.15) is 0 Å². The quantitative estimate of drug-likeness (QED) is 0.182. The van der Waals surface area contributed by atoms with Crippen LogP contribution in [0.25, 0.3) is 0 Å². The summed E-state index contributed by atoms with van der Waals surface area (Å²) < 4.78 is 39.5. The first-order chi connectivity index (χ1) is 24.9. The molecule has 2 aromatic rings. The lowest BCUT2D eigenvalue weighted by atomic mass is 9.50. The molecule has 14 heteroatoms. The van der Waals surface area contributed by atoms with E-state index in [2.05, 4.69) is 4.90 Å². The summed E-state index contributed by atoms with van der Waals surface area (Å²) in [5.74, 6) is -4.65. The average Bonchev–Trinajstić information content (AvgIpc) is 3.47. The number of nitrogens with zero attached hydrogens (tertiary/aromatic N) is 1. The van der Waals surface area contributed by atoms with E-state index in [4.69, 9.17) is 33.2 Å². The summed E-state index contributed by atoms with van der Waals surface area (Å²) in [5.41, 5.74) is -0.313. The van der Waals surface area contributed by atoms with Crippen molar-refractivity contribution in [3.8, 4) is 11.5 Å². The lowest BCUT2D eigenvalue weighted by Gasteiger charge is -2.61. The van der Waals surface area contributed by atoms with Gasteiger partial charge in [0.2, 0.25) is 18.3 Å². The predicted octanol–water partition coefficient (Wildman–Crippen LogP) is 3.01. The highest BCUT2D eigenvalue weighted by Crippen LogP contribution is 2.65. The summed E-state index contributed by atoms with van der Waals surface area (Å²) in [6, 6.07) is 11.5. The molecule has 2 aliphatic heterocycles. The molecule has 14 nitrogen and oxygen atoms in total. The number of hydrogen-bond acceptors (Lipinski definition) is 14. The van der Waals surface area contributed by atoms with Crippen LogP contribution in [0.5, 0.6) is 11.5 Å². The molecule has 2 aromatic carbocycles. The summed E-state index contributed by atoms with van der Waals surface area (Å²) in [4.78, 5) is 67.9. The van der Waals surface area contributed by atoms with Crippen LogP contribution in [0.1, 0.15) is 69.2 Å². The van der Waals surface area contributed by atoms with Crippen LogP contribution in [0.2, 0.25) is 0 Å². The number of unbranched alkanes of at least 4 members (excludes halogenated alkanes) is 1. The zero-order chi connectivity index (χ0) is 37.4. The zero-order valence-corrected chi connectivity index (χ0v) is 29.7. The van der Waals surface area contributed by atoms with E-state index in [-0.39, 0.29) is 30.4 Å². The Morgan fingerprint density at radius 2 is 1.65 bits per heavy atom. The summed E-state index contributed by atoms with van der Waals surface area (Å²) >= 11 is 0. The maximum absolute atomic E-state index is 14.1. The van der Waals surface area contributed by atoms with Crippen LogP contribution in [0.15, 0.2) is 54.3 Å². The van der Waals surface area contributed by atoms with Gasteiger partial charge in [-0.15, -0.1) is 0 Å². The van der Waals surface area contributed by atoms with E-state index in [0.29, 0.717) is 37.3 Å². The summed E-state index contributed by atoms with van der Waals surface area (Å²) in [5, 5.41) is 12.5. The van der Waals surface area contributed by atoms with E-state index < -0.39 is 65.3 Å². The van der Waals surface area contributed by atoms with Crippen molar-refractivity contribution in [1.29, 1.82) is 0 Å². The van der Waals surface area contributed by atoms with E-state index in [1.165, 1.54) is 19.2 Å². The number of esters is 5. The molecule has 6 rings (SSSR count). The normalized spacial score (nSPS) is 25.5. The molecule has 1 N–H and O–H groups in total. The fraction of sp³-hybridized carbons (Fsp3) is 0.500. The first-order valence-electron chi connectivity index (χ1n) is 17.3. The first-order valence-corrected chi connectivity index (χ1v) is 17.3. The number of hydrogen-bond donors (Lipinski definition) is 1. The maximum Gasteiger partial charge on any atom is 0.357 e. The minimum atomic E-state index is -2.18. The van der Waals surface area contributed by atoms with E-state index in [1.54, 1.807) is 30.3 Å². The van der Waals surface area contributed by atoms with Crippen molar-refractivity contribution in [2.45, 2.75) is 94.3 Å². The van der Waals surface area contributed by atoms with Crippen LogP contribution in [0, 0.1) is 0 Å². The Morgan fingerprint density at radius 1 is 0.962 bits per heavy atom. The first kappa shape index (κ1) is 36.8. The number of methoxy groups -OCH3 is 1. The monoisotopic (exact) mass is 721 g/mol. The third-order valence-electron chi connectivity index (χ3n) is 10.4. The second-order valence-corrected chi connectivity index (χ2v) is 13.5. The number of likely N-dealkylation sites (N-methyl/N-ethyl adjacent to an activating group) is 1. The number of ether oxygens (including phenoxy) is 7. The molecule has 1 saturated heterocycles. The van der Waals surface area contributed by atoms with Crippen molar-refractivity contribution in [2.75, 3.05) is 27.3 Å². The number of rotatable bonds is 13. The second-order valence-electron chi connectivity index (χ2n) is 13.5. The smallest absolute Gasteiger partial charge is 0.357 e. The van der Waals surface area contributed by atoms with Crippen LogP contribution >= 0.6 is 0 Å². The molecule has 0 unspecified atom stereocenters. The highest BCUT2D eigenvalue weighted by Gasteiger charge is 2.72. The predicted molar refractivity (Wildman–Crippen MR) is 180 cm³/mol. The molecule has 0 radical (unpaired) electrons. The third-order valence-corrected chi connectivity index (χ3v) is 10.4. The Labute approximate surface area is 300 Å². The van der Waals surface area contributed by atoms with Crippen LogP contribution in [0.4, 0.5) is 0 Å². The van der Waals surface area contributed by atoms with Gasteiger partial charge in [-0.05, 0) is 50.6 Å². The van der Waals surface area contributed by atoms with Gasteiger partial charge in [-0.1, -0.05) is 49.7 Å². The molecule has 2 heterocycles. The zero-order valence-electron chi connectivity index (χ0n) is 29.7. The van der Waals surface area contributed by atoms with Gasteiger partial charge >= 0.3 is 29.8 Å². The molecule has 4 aliphatic rings. The molecular weight excluding hydrogens is 678 g/mol. The number of likely N-dealkylation sites (tertiary alicyclic amines) is 1. The Bertz CT molecular complexity index is 1780. The molecule has 1 spiro atoms. The maximum atomic E-state index is 14.1. The minimum absolute atomic E-state index is 0.0119. The Hall–Kier alpha value is -4.95. The number of aliphatic hydroxyl groups is 1. The summed E-state index contributed by atoms with van der Waals surface area (Å²) in [7, 11) is 3.47. The van der Waals surface area contributed by atoms with E-state index in [9.17, 15) is 29.1 Å². The highest BCUT2D eigenvalue weighted by molar-refractivity contribution is 5.91. The molecule has 7 atom stereocenters. The minimum Gasteiger partial charge on any atom is -0.493 e. The molecule has 52 heavy (non-hydrogen) atoms. The Kier molecular flexibility index (Phi) is 10.3. The largest absolute Gasteiger partial charge is 0.493 e. The van der Waals surface area contributed by atoms with Gasteiger partial charge in [-0.25, -0.2) is 14.4 Å². The van der Waals surface area contributed by atoms with E-state index in [1.807, 2.05) is 20.0 Å². The lowest BCUT2D eigenvalue weighted by molar-refractivity contribution is -0.196. The molecule has 0 saturated carbocycles. The van der Waals surface area contributed by atoms with E-state index >= 15 is 0 Å². The van der Waals surface area contributed by atoms with Gasteiger partial charge < -0.3 is 43.2 Å². The molecule has 1 fully saturated rings. The number of carbonyl (C=O) groups is 5. The lowest BCUT2D eigenvalue weighted by Crippen LogP contribution is -2.74. The molecular formula is C38H43NO13. The highest BCUT2D eigenvalue weighted by atomic mass is 16.7. The van der Waals surface area contributed by atoms with Gasteiger partial charge in [0.1, 0.15) is 5.76 Å². The summed E-state index contributed by atoms with van der Waals surface area (Å²) in [6.45, 7) is 4.58. The topological polar surface area (TPSA) is 173 Å². The fourth-order valence-corrected chi connectivity index (χ4v) is 8.04. The van der Waals surface area contributed by atoms with Gasteiger partial charge in [-0.3, -0.25) is 9.59 Å². The Morgan fingerprint density at radius 3 is 2.31 bits per heavy atom. The molecule has 2 bridgehead atoms. The molecule has 0 aromatic heterocycles. The van der Waals surface area contributed by atoms with Crippen molar-refractivity contribution in [3.05, 3.63) is 71.0 Å². The van der Waals surface area contributed by atoms with Crippen molar-refractivity contribution < 1.29 is 62.2 Å². The van der Waals surface area contributed by atoms with Gasteiger partial charge in [0, 0.05) is 37.4 Å². The molecule has 278 valence electrons. The number of piperidine rings is 1. The van der Waals surface area contributed by atoms with Crippen molar-refractivity contribution in [2.24, 2.45) is 0 Å². The van der Waals surface area contributed by atoms with Gasteiger partial charge in [0.05, 0.1) is 24.7 Å². The number of benzene rings is 2. The van der Waals surface area contributed by atoms with Crippen LogP contribution in [-0.4, -0.2) is 97.1 Å².